The number of anilines is 1. The topological polar surface area (TPSA) is 85.4 Å². The molecule has 0 radical (unpaired) electrons. The molecule has 2 fully saturated rings. The normalized spacial score (nSPS) is 20.8. The van der Waals surface area contributed by atoms with Crippen molar-refractivity contribution >= 4 is 23.5 Å². The Balaban J connectivity index is 1.61. The molecule has 1 aromatic carbocycles. The van der Waals surface area contributed by atoms with Gasteiger partial charge < -0.3 is 24.0 Å². The third-order valence-electron chi connectivity index (χ3n) is 4.88. The smallest absolute Gasteiger partial charge is 0.312 e. The standard InChI is InChI=1S/C20H26N2O6/c1-3-27-17-7-5-4-6-16(17)22-13-15(12-18(22)23)20(25)28-14(2)19(24)21-8-10-26-11-9-21/h4-7,14-15H,3,8-13H2,1-2H3/t14-,15+/m0/s1. The Hall–Kier alpha value is -2.61. The van der Waals surface area contributed by atoms with E-state index >= 15 is 0 Å². The average molecular weight is 390 g/mol. The maximum absolute atomic E-state index is 12.5. The molecule has 3 rings (SSSR count). The molecule has 2 saturated heterocycles. The summed E-state index contributed by atoms with van der Waals surface area (Å²) in [5.41, 5.74) is 0.641. The first-order valence-corrected chi connectivity index (χ1v) is 9.60. The molecule has 0 bridgehead atoms. The Morgan fingerprint density at radius 3 is 2.68 bits per heavy atom. The lowest BCUT2D eigenvalue weighted by Crippen LogP contribution is -2.46. The number of rotatable bonds is 6. The lowest BCUT2D eigenvalue weighted by Gasteiger charge is -2.29. The number of morpholine rings is 1. The fourth-order valence-corrected chi connectivity index (χ4v) is 3.42. The molecular weight excluding hydrogens is 364 g/mol. The van der Waals surface area contributed by atoms with E-state index < -0.39 is 18.0 Å². The summed E-state index contributed by atoms with van der Waals surface area (Å²) in [6, 6.07) is 7.24. The molecule has 28 heavy (non-hydrogen) atoms. The van der Waals surface area contributed by atoms with Crippen molar-refractivity contribution in [2.75, 3.05) is 44.4 Å². The van der Waals surface area contributed by atoms with Gasteiger partial charge in [-0.1, -0.05) is 12.1 Å². The molecule has 0 spiro atoms. The number of esters is 1. The van der Waals surface area contributed by atoms with Gasteiger partial charge in [0.2, 0.25) is 5.91 Å². The molecule has 0 aromatic heterocycles. The largest absolute Gasteiger partial charge is 0.492 e. The number of amides is 2. The summed E-state index contributed by atoms with van der Waals surface area (Å²) in [4.78, 5) is 40.6. The molecule has 0 saturated carbocycles. The minimum absolute atomic E-state index is 0.0533. The molecule has 2 amide bonds. The summed E-state index contributed by atoms with van der Waals surface area (Å²) >= 11 is 0. The number of carbonyl (C=O) groups excluding carboxylic acids is 3. The molecule has 0 N–H and O–H groups in total. The first-order chi connectivity index (χ1) is 13.5. The average Bonchev–Trinajstić information content (AvgIpc) is 3.10. The Labute approximate surface area is 164 Å². The molecule has 1 aromatic rings. The van der Waals surface area contributed by atoms with Gasteiger partial charge in [-0.3, -0.25) is 14.4 Å². The molecule has 2 aliphatic heterocycles. The van der Waals surface area contributed by atoms with E-state index in [1.807, 2.05) is 19.1 Å². The van der Waals surface area contributed by atoms with Crippen LogP contribution in [0.2, 0.25) is 0 Å². The lowest BCUT2D eigenvalue weighted by molar-refractivity contribution is -0.163. The number of hydrogen-bond acceptors (Lipinski definition) is 6. The van der Waals surface area contributed by atoms with Crippen molar-refractivity contribution in [3.05, 3.63) is 24.3 Å². The van der Waals surface area contributed by atoms with Crippen LogP contribution < -0.4 is 9.64 Å². The maximum Gasteiger partial charge on any atom is 0.312 e. The Morgan fingerprint density at radius 2 is 1.96 bits per heavy atom. The highest BCUT2D eigenvalue weighted by Crippen LogP contribution is 2.33. The zero-order valence-corrected chi connectivity index (χ0v) is 16.3. The zero-order chi connectivity index (χ0) is 20.1. The van der Waals surface area contributed by atoms with E-state index in [4.69, 9.17) is 14.2 Å². The maximum atomic E-state index is 12.5. The second-order valence-electron chi connectivity index (χ2n) is 6.82. The van der Waals surface area contributed by atoms with Crippen molar-refractivity contribution in [3.8, 4) is 5.75 Å². The van der Waals surface area contributed by atoms with Crippen molar-refractivity contribution in [1.82, 2.24) is 4.90 Å². The van der Waals surface area contributed by atoms with Crippen LogP contribution in [0.5, 0.6) is 5.75 Å². The molecule has 8 heteroatoms. The van der Waals surface area contributed by atoms with Gasteiger partial charge in [-0.15, -0.1) is 0 Å². The summed E-state index contributed by atoms with van der Waals surface area (Å²) in [6.07, 6.45) is -0.830. The quantitative estimate of drug-likeness (QED) is 0.679. The summed E-state index contributed by atoms with van der Waals surface area (Å²) in [5, 5.41) is 0. The molecule has 0 aliphatic carbocycles. The van der Waals surface area contributed by atoms with Crippen LogP contribution in [0, 0.1) is 5.92 Å². The van der Waals surface area contributed by atoms with E-state index in [9.17, 15) is 14.4 Å². The van der Waals surface area contributed by atoms with Crippen molar-refractivity contribution in [2.24, 2.45) is 5.92 Å². The predicted molar refractivity (Wildman–Crippen MR) is 101 cm³/mol. The number of nitrogens with zero attached hydrogens (tertiary/aromatic N) is 2. The number of hydrogen-bond donors (Lipinski definition) is 0. The van der Waals surface area contributed by atoms with E-state index in [0.717, 1.165) is 0 Å². The van der Waals surface area contributed by atoms with Gasteiger partial charge in [0.05, 0.1) is 31.4 Å². The van der Waals surface area contributed by atoms with E-state index in [-0.39, 0.29) is 24.8 Å². The highest BCUT2D eigenvalue weighted by Gasteiger charge is 2.38. The van der Waals surface area contributed by atoms with Crippen LogP contribution in [0.1, 0.15) is 20.3 Å². The Kier molecular flexibility index (Phi) is 6.51. The van der Waals surface area contributed by atoms with E-state index in [1.54, 1.807) is 28.9 Å². The summed E-state index contributed by atoms with van der Waals surface area (Å²) in [6.45, 7) is 6.07. The molecule has 152 valence electrons. The summed E-state index contributed by atoms with van der Waals surface area (Å²) in [7, 11) is 0. The second-order valence-corrected chi connectivity index (χ2v) is 6.82. The second kappa shape index (κ2) is 9.05. The third-order valence-corrected chi connectivity index (χ3v) is 4.88. The first-order valence-electron chi connectivity index (χ1n) is 9.60. The lowest BCUT2D eigenvalue weighted by atomic mass is 10.1. The van der Waals surface area contributed by atoms with Gasteiger partial charge in [-0.05, 0) is 26.0 Å². The van der Waals surface area contributed by atoms with E-state index in [1.165, 1.54) is 0 Å². The fourth-order valence-electron chi connectivity index (χ4n) is 3.42. The summed E-state index contributed by atoms with van der Waals surface area (Å²) < 4.78 is 16.2. The van der Waals surface area contributed by atoms with Crippen molar-refractivity contribution in [1.29, 1.82) is 0 Å². The van der Waals surface area contributed by atoms with Crippen LogP contribution in [0.15, 0.2) is 24.3 Å². The van der Waals surface area contributed by atoms with Gasteiger partial charge in [-0.25, -0.2) is 0 Å². The molecule has 2 atom stereocenters. The van der Waals surface area contributed by atoms with Crippen LogP contribution >= 0.6 is 0 Å². The van der Waals surface area contributed by atoms with Gasteiger partial charge >= 0.3 is 5.97 Å². The van der Waals surface area contributed by atoms with E-state index in [2.05, 4.69) is 0 Å². The number of benzene rings is 1. The fraction of sp³-hybridized carbons (Fsp3) is 0.550. The van der Waals surface area contributed by atoms with Gasteiger partial charge in [0.25, 0.3) is 5.91 Å². The van der Waals surface area contributed by atoms with Crippen molar-refractivity contribution in [2.45, 2.75) is 26.4 Å². The van der Waals surface area contributed by atoms with Gasteiger partial charge in [0, 0.05) is 26.1 Å². The minimum atomic E-state index is -0.884. The highest BCUT2D eigenvalue weighted by atomic mass is 16.5. The Morgan fingerprint density at radius 1 is 1.25 bits per heavy atom. The molecule has 2 aliphatic rings. The number of para-hydroxylation sites is 2. The number of carbonyl (C=O) groups is 3. The van der Waals surface area contributed by atoms with Crippen LogP contribution in [0.4, 0.5) is 5.69 Å². The molecule has 2 heterocycles. The van der Waals surface area contributed by atoms with Crippen LogP contribution in [-0.2, 0) is 23.9 Å². The molecule has 8 nitrogen and oxygen atoms in total. The van der Waals surface area contributed by atoms with Gasteiger partial charge in [0.15, 0.2) is 6.10 Å². The monoisotopic (exact) mass is 390 g/mol. The van der Waals surface area contributed by atoms with Crippen LogP contribution in [-0.4, -0.2) is 68.2 Å². The van der Waals surface area contributed by atoms with E-state index in [0.29, 0.717) is 44.3 Å². The van der Waals surface area contributed by atoms with Crippen LogP contribution in [0.3, 0.4) is 0 Å². The van der Waals surface area contributed by atoms with Crippen molar-refractivity contribution < 1.29 is 28.6 Å². The highest BCUT2D eigenvalue weighted by molar-refractivity contribution is 6.00. The van der Waals surface area contributed by atoms with Crippen molar-refractivity contribution in [3.63, 3.8) is 0 Å². The molecule has 0 unspecified atom stereocenters. The SMILES string of the molecule is CCOc1ccccc1N1C[C@H](C(=O)O[C@@H](C)C(=O)N2CCOCC2)CC1=O. The van der Waals surface area contributed by atoms with Crippen LogP contribution in [0.25, 0.3) is 0 Å². The van der Waals surface area contributed by atoms with Gasteiger partial charge in [0.1, 0.15) is 5.75 Å². The third kappa shape index (κ3) is 4.44. The first kappa shape index (κ1) is 20.1. The minimum Gasteiger partial charge on any atom is -0.492 e. The molecular formula is C20H26N2O6. The Bertz CT molecular complexity index is 731. The number of ether oxygens (including phenoxy) is 3. The predicted octanol–water partition coefficient (Wildman–Crippen LogP) is 1.23. The summed E-state index contributed by atoms with van der Waals surface area (Å²) in [5.74, 6) is -0.940. The zero-order valence-electron chi connectivity index (χ0n) is 16.3. The van der Waals surface area contributed by atoms with Gasteiger partial charge in [-0.2, -0.15) is 0 Å².